The fourth-order valence-electron chi connectivity index (χ4n) is 2.68. The van der Waals surface area contributed by atoms with Gasteiger partial charge in [0, 0.05) is 11.9 Å². The Kier molecular flexibility index (Phi) is 8.05. The van der Waals surface area contributed by atoms with Crippen molar-refractivity contribution >= 4 is 37.4 Å². The molecule has 33 heavy (non-hydrogen) atoms. The molecular formula is C18H24N6O7S2. The molecule has 1 heterocycles. The van der Waals surface area contributed by atoms with Gasteiger partial charge in [-0.25, -0.2) is 16.8 Å². The molecule has 1 amide bonds. The zero-order chi connectivity index (χ0) is 24.8. The highest BCUT2D eigenvalue weighted by Gasteiger charge is 2.25. The number of guanidine groups is 1. The molecule has 0 saturated carbocycles. The standard InChI is InChI=1S/C18H24N6O7S2/c1-12-7-8-13(17(26)24(12)11-16(25)21-9-10-31-22-18(19)20)23-33(29,30)15-6-4-3-5-14(15)32(2,27)28/h3-8,23H,9-11H2,1-2H3,(H,21,25)(H4,19,20,22). The lowest BCUT2D eigenvalue weighted by Crippen LogP contribution is -2.36. The van der Waals surface area contributed by atoms with Gasteiger partial charge < -0.3 is 26.2 Å². The zero-order valence-corrected chi connectivity index (χ0v) is 19.4. The van der Waals surface area contributed by atoms with Gasteiger partial charge in [0.1, 0.15) is 23.7 Å². The Morgan fingerprint density at radius 1 is 1.09 bits per heavy atom. The molecule has 0 saturated heterocycles. The molecule has 0 spiro atoms. The maximum absolute atomic E-state index is 12.8. The van der Waals surface area contributed by atoms with Crippen LogP contribution in [0.3, 0.4) is 0 Å². The normalized spacial score (nSPS) is 11.5. The monoisotopic (exact) mass is 500 g/mol. The van der Waals surface area contributed by atoms with Gasteiger partial charge in [0.15, 0.2) is 9.84 Å². The number of rotatable bonds is 10. The number of nitrogens with one attached hydrogen (secondary N) is 2. The molecular weight excluding hydrogens is 476 g/mol. The smallest absolute Gasteiger partial charge is 0.275 e. The molecule has 0 aliphatic carbocycles. The lowest BCUT2D eigenvalue weighted by Gasteiger charge is -2.14. The summed E-state index contributed by atoms with van der Waals surface area (Å²) in [7, 11) is -8.28. The molecule has 13 nitrogen and oxygen atoms in total. The molecule has 0 aliphatic rings. The number of carbonyl (C=O) groups is 1. The number of nitrogens with two attached hydrogens (primary N) is 2. The molecule has 0 atom stereocenters. The summed E-state index contributed by atoms with van der Waals surface area (Å²) in [6, 6.07) is 7.68. The van der Waals surface area contributed by atoms with Crippen LogP contribution in [-0.2, 0) is 36.0 Å². The Morgan fingerprint density at radius 3 is 2.33 bits per heavy atom. The number of pyridine rings is 1. The SMILES string of the molecule is Cc1ccc(NS(=O)(=O)c2ccccc2S(C)(=O)=O)c(=O)n1CC(=O)NCCON=C(N)N. The molecule has 0 aliphatic heterocycles. The number of nitrogens with zero attached hydrogens (tertiary/aromatic N) is 2. The summed E-state index contributed by atoms with van der Waals surface area (Å²) < 4.78 is 52.8. The van der Waals surface area contributed by atoms with Gasteiger partial charge in [0.05, 0.1) is 11.4 Å². The van der Waals surface area contributed by atoms with Crippen molar-refractivity contribution in [3.63, 3.8) is 0 Å². The lowest BCUT2D eigenvalue weighted by atomic mass is 10.3. The van der Waals surface area contributed by atoms with Crippen molar-refractivity contribution in [2.75, 3.05) is 24.1 Å². The van der Waals surface area contributed by atoms with E-state index < -0.39 is 47.7 Å². The number of benzene rings is 1. The van der Waals surface area contributed by atoms with Gasteiger partial charge in [-0.3, -0.25) is 14.3 Å². The highest BCUT2D eigenvalue weighted by Crippen LogP contribution is 2.22. The van der Waals surface area contributed by atoms with E-state index in [-0.39, 0.29) is 24.8 Å². The van der Waals surface area contributed by atoms with Gasteiger partial charge in [0.25, 0.3) is 15.6 Å². The predicted molar refractivity (Wildman–Crippen MR) is 121 cm³/mol. The number of aromatic nitrogens is 1. The van der Waals surface area contributed by atoms with Gasteiger partial charge in [-0.15, -0.1) is 0 Å². The molecule has 0 bridgehead atoms. The van der Waals surface area contributed by atoms with Crippen LogP contribution in [0.1, 0.15) is 5.69 Å². The van der Waals surface area contributed by atoms with Gasteiger partial charge in [0.2, 0.25) is 11.9 Å². The van der Waals surface area contributed by atoms with E-state index in [1.807, 2.05) is 0 Å². The second kappa shape index (κ2) is 10.4. The van der Waals surface area contributed by atoms with Crippen LogP contribution in [0.5, 0.6) is 0 Å². The average molecular weight is 501 g/mol. The first-order chi connectivity index (χ1) is 15.3. The number of aryl methyl sites for hydroxylation is 1. The lowest BCUT2D eigenvalue weighted by molar-refractivity contribution is -0.122. The number of carbonyl (C=O) groups excluding carboxylic acids is 1. The van der Waals surface area contributed by atoms with Gasteiger partial charge in [-0.2, -0.15) is 0 Å². The first-order valence-electron chi connectivity index (χ1n) is 9.33. The Hall–Kier alpha value is -3.59. The molecule has 1 aromatic heterocycles. The Bertz CT molecular complexity index is 1330. The Labute approximate surface area is 190 Å². The molecule has 180 valence electrons. The molecule has 1 aromatic carbocycles. The van der Waals surface area contributed by atoms with Crippen LogP contribution >= 0.6 is 0 Å². The van der Waals surface area contributed by atoms with E-state index in [4.69, 9.17) is 16.3 Å². The van der Waals surface area contributed by atoms with Gasteiger partial charge in [-0.1, -0.05) is 12.1 Å². The second-order valence-corrected chi connectivity index (χ2v) is 10.4. The van der Waals surface area contributed by atoms with Crippen molar-refractivity contribution < 1.29 is 26.5 Å². The molecule has 0 fully saturated rings. The summed E-state index contributed by atoms with van der Waals surface area (Å²) >= 11 is 0. The number of sulfonamides is 1. The van der Waals surface area contributed by atoms with Crippen LogP contribution in [0.4, 0.5) is 5.69 Å². The van der Waals surface area contributed by atoms with Gasteiger partial charge >= 0.3 is 0 Å². The molecule has 0 unspecified atom stereocenters. The third-order valence-electron chi connectivity index (χ3n) is 4.16. The van der Waals surface area contributed by atoms with E-state index in [0.29, 0.717) is 5.69 Å². The fraction of sp³-hybridized carbons (Fsp3) is 0.278. The molecule has 0 radical (unpaired) electrons. The van der Waals surface area contributed by atoms with Crippen molar-refractivity contribution in [1.29, 1.82) is 0 Å². The van der Waals surface area contributed by atoms with Gasteiger partial charge in [-0.05, 0) is 36.3 Å². The molecule has 2 aromatic rings. The number of amides is 1. The summed E-state index contributed by atoms with van der Waals surface area (Å²) in [5.41, 5.74) is 9.44. The third kappa shape index (κ3) is 6.95. The van der Waals surface area contributed by atoms with Crippen molar-refractivity contribution in [1.82, 2.24) is 9.88 Å². The van der Waals surface area contributed by atoms with Crippen LogP contribution in [0.2, 0.25) is 0 Å². The molecule has 2 rings (SSSR count). The van der Waals surface area contributed by atoms with Crippen molar-refractivity contribution in [3.05, 3.63) is 52.4 Å². The van der Waals surface area contributed by atoms with Crippen LogP contribution in [0.25, 0.3) is 0 Å². The largest absolute Gasteiger partial charge is 0.391 e. The van der Waals surface area contributed by atoms with E-state index in [2.05, 4.69) is 15.2 Å². The summed E-state index contributed by atoms with van der Waals surface area (Å²) in [6.07, 6.45) is 0.876. The zero-order valence-electron chi connectivity index (χ0n) is 17.8. The summed E-state index contributed by atoms with van der Waals surface area (Å²) in [6.45, 7) is 1.20. The average Bonchev–Trinajstić information content (AvgIpc) is 2.72. The van der Waals surface area contributed by atoms with E-state index in [1.165, 1.54) is 24.3 Å². The van der Waals surface area contributed by atoms with E-state index in [0.717, 1.165) is 23.0 Å². The van der Waals surface area contributed by atoms with Crippen molar-refractivity contribution in [2.45, 2.75) is 23.3 Å². The number of hydrogen-bond donors (Lipinski definition) is 4. The predicted octanol–water partition coefficient (Wildman–Crippen LogP) is -1.32. The number of sulfone groups is 1. The summed E-state index contributed by atoms with van der Waals surface area (Å²) in [5, 5.41) is 5.79. The second-order valence-electron chi connectivity index (χ2n) is 6.80. The number of hydrogen-bond acceptors (Lipinski definition) is 8. The van der Waals surface area contributed by atoms with E-state index in [9.17, 15) is 26.4 Å². The van der Waals surface area contributed by atoms with E-state index in [1.54, 1.807) is 6.92 Å². The summed E-state index contributed by atoms with van der Waals surface area (Å²) in [5.74, 6) is -0.821. The molecule has 15 heteroatoms. The van der Waals surface area contributed by atoms with Crippen LogP contribution in [0.15, 0.2) is 56.1 Å². The minimum absolute atomic E-state index is 0.0168. The van der Waals surface area contributed by atoms with Crippen LogP contribution < -0.4 is 27.1 Å². The highest BCUT2D eigenvalue weighted by molar-refractivity contribution is 7.95. The maximum atomic E-state index is 12.8. The van der Waals surface area contributed by atoms with Crippen LogP contribution in [-0.4, -0.2) is 52.7 Å². The third-order valence-corrected chi connectivity index (χ3v) is 6.87. The minimum atomic E-state index is -4.43. The Morgan fingerprint density at radius 2 is 1.73 bits per heavy atom. The first kappa shape index (κ1) is 25.7. The summed E-state index contributed by atoms with van der Waals surface area (Å²) in [4.78, 5) is 28.8. The topological polar surface area (TPSA) is 205 Å². The van der Waals surface area contributed by atoms with Crippen molar-refractivity contribution in [2.24, 2.45) is 16.6 Å². The highest BCUT2D eigenvalue weighted by atomic mass is 32.2. The molecule has 6 N–H and O–H groups in total. The number of anilines is 1. The van der Waals surface area contributed by atoms with Crippen LogP contribution in [0, 0.1) is 6.92 Å². The fourth-order valence-corrected chi connectivity index (χ4v) is 5.37. The quantitative estimate of drug-likeness (QED) is 0.132. The van der Waals surface area contributed by atoms with Crippen molar-refractivity contribution in [3.8, 4) is 0 Å². The maximum Gasteiger partial charge on any atom is 0.275 e. The number of oxime groups is 1. The first-order valence-corrected chi connectivity index (χ1v) is 12.7. The van der Waals surface area contributed by atoms with E-state index >= 15 is 0 Å². The minimum Gasteiger partial charge on any atom is -0.391 e. The Balaban J connectivity index is 2.24.